The quantitative estimate of drug-likeness (QED) is 0.943. The summed E-state index contributed by atoms with van der Waals surface area (Å²) in [5.74, 6) is 0.876. The summed E-state index contributed by atoms with van der Waals surface area (Å²) in [7, 11) is 0. The third-order valence-corrected chi connectivity index (χ3v) is 3.73. The molecule has 1 atom stereocenters. The zero-order valence-electron chi connectivity index (χ0n) is 11.3. The second-order valence-corrected chi connectivity index (χ2v) is 5.57. The fraction of sp³-hybridized carbons (Fsp3) is 0.312. The van der Waals surface area contributed by atoms with Gasteiger partial charge in [-0.1, -0.05) is 17.7 Å². The van der Waals surface area contributed by atoms with Gasteiger partial charge in [-0.15, -0.1) is 0 Å². The Hall–Kier alpha value is -1.58. The first-order valence-electron chi connectivity index (χ1n) is 6.68. The molecule has 2 aromatic rings. The Kier molecular flexibility index (Phi) is 3.64. The van der Waals surface area contributed by atoms with Crippen LogP contribution in [0.4, 0.5) is 0 Å². The second kappa shape index (κ2) is 5.43. The highest BCUT2D eigenvalue weighted by atomic mass is 35.5. The molecule has 0 radical (unpaired) electrons. The van der Waals surface area contributed by atoms with Gasteiger partial charge in [0.2, 0.25) is 0 Å². The molecular weight excluding hydrogens is 274 g/mol. The lowest BCUT2D eigenvalue weighted by molar-refractivity contribution is 0.172. The summed E-state index contributed by atoms with van der Waals surface area (Å²) < 4.78 is 5.65. The molecule has 1 aromatic heterocycles. The lowest BCUT2D eigenvalue weighted by Crippen LogP contribution is -2.05. The van der Waals surface area contributed by atoms with Crippen LogP contribution in [-0.4, -0.2) is 16.7 Å². The molecule has 3 nitrogen and oxygen atoms in total. The fourth-order valence-electron chi connectivity index (χ4n) is 2.49. The summed E-state index contributed by atoms with van der Waals surface area (Å²) in [5.41, 5.74) is 3.81. The predicted molar refractivity (Wildman–Crippen MR) is 78.3 cm³/mol. The van der Waals surface area contributed by atoms with Crippen molar-refractivity contribution in [2.45, 2.75) is 25.9 Å². The normalized spacial score (nSPS) is 14.8. The van der Waals surface area contributed by atoms with Gasteiger partial charge in [0.15, 0.2) is 0 Å². The van der Waals surface area contributed by atoms with Gasteiger partial charge in [-0.25, -0.2) is 0 Å². The molecule has 1 aliphatic rings. The molecule has 1 N–H and O–H groups in total. The van der Waals surface area contributed by atoms with Crippen LogP contribution in [0, 0.1) is 6.92 Å². The minimum absolute atomic E-state index is 0.457. The van der Waals surface area contributed by atoms with E-state index in [1.54, 1.807) is 6.20 Å². The summed E-state index contributed by atoms with van der Waals surface area (Å²) in [6, 6.07) is 7.60. The first kappa shape index (κ1) is 13.4. The molecule has 0 amide bonds. The average molecular weight is 290 g/mol. The fourth-order valence-corrected chi connectivity index (χ4v) is 2.75. The Morgan fingerprint density at radius 2 is 2.25 bits per heavy atom. The van der Waals surface area contributed by atoms with Crippen LogP contribution in [0.25, 0.3) is 0 Å². The van der Waals surface area contributed by atoms with E-state index in [1.807, 2.05) is 31.2 Å². The van der Waals surface area contributed by atoms with Gasteiger partial charge < -0.3 is 9.84 Å². The predicted octanol–water partition coefficient (Wildman–Crippen LogP) is 3.25. The number of hydrogen-bond donors (Lipinski definition) is 1. The van der Waals surface area contributed by atoms with Crippen molar-refractivity contribution in [2.24, 2.45) is 0 Å². The molecular formula is C16H16ClNO2. The number of halogens is 1. The van der Waals surface area contributed by atoms with Crippen LogP contribution < -0.4 is 4.74 Å². The molecule has 0 spiro atoms. The number of aromatic nitrogens is 1. The van der Waals surface area contributed by atoms with E-state index in [4.69, 9.17) is 16.3 Å². The van der Waals surface area contributed by atoms with Crippen molar-refractivity contribution in [2.75, 3.05) is 6.61 Å². The van der Waals surface area contributed by atoms with Crippen LogP contribution in [0.3, 0.4) is 0 Å². The Morgan fingerprint density at radius 1 is 1.40 bits per heavy atom. The van der Waals surface area contributed by atoms with Crippen molar-refractivity contribution < 1.29 is 9.84 Å². The molecule has 0 saturated carbocycles. The smallest absolute Gasteiger partial charge is 0.126 e. The van der Waals surface area contributed by atoms with E-state index in [0.29, 0.717) is 23.7 Å². The Bertz CT molecular complexity index is 625. The van der Waals surface area contributed by atoms with Gasteiger partial charge in [0, 0.05) is 24.1 Å². The molecule has 0 bridgehead atoms. The minimum Gasteiger partial charge on any atom is -0.493 e. The SMILES string of the molecule is Cc1ccc(C(O)Cc2cc(Cl)cc3c2OCC3)nc1. The van der Waals surface area contributed by atoms with Crippen molar-refractivity contribution in [3.63, 3.8) is 0 Å². The molecule has 1 aliphatic heterocycles. The van der Waals surface area contributed by atoms with Crippen LogP contribution in [0.2, 0.25) is 5.02 Å². The van der Waals surface area contributed by atoms with Crippen LogP contribution in [0.15, 0.2) is 30.5 Å². The molecule has 20 heavy (non-hydrogen) atoms. The van der Waals surface area contributed by atoms with Gasteiger partial charge in [0.25, 0.3) is 0 Å². The van der Waals surface area contributed by atoms with E-state index in [1.165, 1.54) is 0 Å². The standard InChI is InChI=1S/C16H16ClNO2/c1-10-2-3-14(18-9-10)15(19)8-12-7-13(17)6-11-4-5-20-16(11)12/h2-3,6-7,9,15,19H,4-5,8H2,1H3. The molecule has 3 rings (SSSR count). The Labute approximate surface area is 123 Å². The number of rotatable bonds is 3. The summed E-state index contributed by atoms with van der Waals surface area (Å²) in [5, 5.41) is 11.0. The number of pyridine rings is 1. The second-order valence-electron chi connectivity index (χ2n) is 5.13. The van der Waals surface area contributed by atoms with E-state index >= 15 is 0 Å². The molecule has 0 fully saturated rings. The maximum atomic E-state index is 10.3. The topological polar surface area (TPSA) is 42.4 Å². The number of aliphatic hydroxyl groups is 1. The van der Waals surface area contributed by atoms with Gasteiger partial charge in [-0.05, 0) is 41.8 Å². The summed E-state index contributed by atoms with van der Waals surface area (Å²) in [6.45, 7) is 2.66. The first-order chi connectivity index (χ1) is 9.63. The van der Waals surface area contributed by atoms with Crippen molar-refractivity contribution in [1.82, 2.24) is 4.98 Å². The van der Waals surface area contributed by atoms with Gasteiger partial charge in [-0.2, -0.15) is 0 Å². The highest BCUT2D eigenvalue weighted by Gasteiger charge is 2.20. The van der Waals surface area contributed by atoms with Crippen LogP contribution >= 0.6 is 11.6 Å². The molecule has 0 saturated heterocycles. The number of hydrogen-bond acceptors (Lipinski definition) is 3. The maximum absolute atomic E-state index is 10.3. The van der Waals surface area contributed by atoms with Gasteiger partial charge in [0.05, 0.1) is 12.3 Å². The van der Waals surface area contributed by atoms with Gasteiger partial charge >= 0.3 is 0 Å². The zero-order valence-corrected chi connectivity index (χ0v) is 12.0. The monoisotopic (exact) mass is 289 g/mol. The van der Waals surface area contributed by atoms with E-state index < -0.39 is 6.10 Å². The number of aliphatic hydroxyl groups excluding tert-OH is 1. The molecule has 2 heterocycles. The molecule has 0 aliphatic carbocycles. The van der Waals surface area contributed by atoms with E-state index in [-0.39, 0.29) is 0 Å². The van der Waals surface area contributed by atoms with Crippen molar-refractivity contribution >= 4 is 11.6 Å². The first-order valence-corrected chi connectivity index (χ1v) is 7.06. The Balaban J connectivity index is 1.86. The van der Waals surface area contributed by atoms with E-state index in [0.717, 1.165) is 28.9 Å². The largest absolute Gasteiger partial charge is 0.493 e. The third-order valence-electron chi connectivity index (χ3n) is 3.51. The van der Waals surface area contributed by atoms with Crippen LogP contribution in [0.1, 0.15) is 28.5 Å². The molecule has 4 heteroatoms. The van der Waals surface area contributed by atoms with Gasteiger partial charge in [-0.3, -0.25) is 4.98 Å². The number of fused-ring (bicyclic) bond motifs is 1. The van der Waals surface area contributed by atoms with E-state index in [9.17, 15) is 5.11 Å². The number of ether oxygens (including phenoxy) is 1. The third kappa shape index (κ3) is 2.65. The number of nitrogens with zero attached hydrogens (tertiary/aromatic N) is 1. The number of benzene rings is 1. The van der Waals surface area contributed by atoms with Crippen molar-refractivity contribution in [1.29, 1.82) is 0 Å². The molecule has 104 valence electrons. The Morgan fingerprint density at radius 3 is 3.00 bits per heavy atom. The lowest BCUT2D eigenvalue weighted by atomic mass is 10.0. The van der Waals surface area contributed by atoms with E-state index in [2.05, 4.69) is 4.98 Å². The molecule has 1 aromatic carbocycles. The summed E-state index contributed by atoms with van der Waals surface area (Å²) in [4.78, 5) is 4.27. The van der Waals surface area contributed by atoms with Crippen molar-refractivity contribution in [3.8, 4) is 5.75 Å². The lowest BCUT2D eigenvalue weighted by Gasteiger charge is -2.13. The maximum Gasteiger partial charge on any atom is 0.126 e. The van der Waals surface area contributed by atoms with Crippen LogP contribution in [0.5, 0.6) is 5.75 Å². The minimum atomic E-state index is -0.651. The average Bonchev–Trinajstić information content (AvgIpc) is 2.87. The van der Waals surface area contributed by atoms with Crippen LogP contribution in [-0.2, 0) is 12.8 Å². The summed E-state index contributed by atoms with van der Waals surface area (Å²) >= 11 is 6.13. The highest BCUT2D eigenvalue weighted by molar-refractivity contribution is 6.30. The zero-order chi connectivity index (χ0) is 14.1. The molecule has 1 unspecified atom stereocenters. The van der Waals surface area contributed by atoms with Gasteiger partial charge in [0.1, 0.15) is 11.9 Å². The highest BCUT2D eigenvalue weighted by Crippen LogP contribution is 2.35. The van der Waals surface area contributed by atoms with Crippen molar-refractivity contribution in [3.05, 3.63) is 57.9 Å². The summed E-state index contributed by atoms with van der Waals surface area (Å²) in [6.07, 6.45) is 2.44. The number of aryl methyl sites for hydroxylation is 1.